The van der Waals surface area contributed by atoms with Crippen LogP contribution in [0.1, 0.15) is 6.92 Å². The van der Waals surface area contributed by atoms with E-state index in [1.54, 1.807) is 25.2 Å². The zero-order chi connectivity index (χ0) is 20.7. The van der Waals surface area contributed by atoms with E-state index in [0.717, 1.165) is 0 Å². The Hall–Kier alpha value is -1.83. The van der Waals surface area contributed by atoms with Crippen molar-refractivity contribution in [3.63, 3.8) is 0 Å². The molecule has 1 aromatic carbocycles. The van der Waals surface area contributed by atoms with E-state index < -0.39 is 17.1 Å². The van der Waals surface area contributed by atoms with Gasteiger partial charge in [0.2, 0.25) is 0 Å². The van der Waals surface area contributed by atoms with Crippen LogP contribution in [0.3, 0.4) is 0 Å². The fourth-order valence-electron chi connectivity index (χ4n) is 3.01. The molecule has 164 valence electrons. The molecule has 0 spiro atoms. The molecule has 0 amide bonds. The third-order valence-corrected chi connectivity index (χ3v) is 4.67. The van der Waals surface area contributed by atoms with Crippen molar-refractivity contribution in [2.75, 3.05) is 51.6 Å². The lowest BCUT2D eigenvalue weighted by Gasteiger charge is -2.39. The number of benzene rings is 1. The van der Waals surface area contributed by atoms with E-state index in [1.807, 2.05) is 4.90 Å². The molecule has 1 fully saturated rings. The number of aliphatic imine (C=N–C) groups is 1. The molecule has 1 atom stereocenters. The first-order valence-electron chi connectivity index (χ1n) is 8.97. The summed E-state index contributed by atoms with van der Waals surface area (Å²) in [6.07, 6.45) is -4.23. The Balaban J connectivity index is 0.00000420. The summed E-state index contributed by atoms with van der Waals surface area (Å²) in [6.45, 7) is 3.55. The molecule has 0 radical (unpaired) electrons. The average molecular weight is 530 g/mol. The lowest BCUT2D eigenvalue weighted by molar-refractivity contribution is -0.384. The maximum atomic E-state index is 12.8. The molecule has 0 bridgehead atoms. The molecule has 1 aliphatic rings. The summed E-state index contributed by atoms with van der Waals surface area (Å²) in [7, 11) is 1.61. The number of para-hydroxylation sites is 2. The predicted molar refractivity (Wildman–Crippen MR) is 117 cm³/mol. The Morgan fingerprint density at radius 3 is 2.41 bits per heavy atom. The van der Waals surface area contributed by atoms with E-state index in [1.165, 1.54) is 17.9 Å². The molecule has 12 heteroatoms. The van der Waals surface area contributed by atoms with Gasteiger partial charge in [0, 0.05) is 52.4 Å². The molecular weight excluding hydrogens is 504 g/mol. The summed E-state index contributed by atoms with van der Waals surface area (Å²) in [6, 6.07) is 4.91. The van der Waals surface area contributed by atoms with E-state index >= 15 is 0 Å². The fraction of sp³-hybridized carbons (Fsp3) is 0.588. The van der Waals surface area contributed by atoms with Crippen LogP contribution in [0.4, 0.5) is 24.5 Å². The third-order valence-electron chi connectivity index (χ3n) is 4.67. The zero-order valence-corrected chi connectivity index (χ0v) is 18.6. The number of guanidine groups is 1. The average Bonchev–Trinajstić information content (AvgIpc) is 2.67. The number of piperazine rings is 1. The molecule has 0 saturated carbocycles. The molecule has 2 N–H and O–H groups in total. The molecule has 0 aromatic heterocycles. The number of rotatable bonds is 6. The van der Waals surface area contributed by atoms with Crippen LogP contribution >= 0.6 is 24.0 Å². The van der Waals surface area contributed by atoms with E-state index in [-0.39, 0.29) is 29.7 Å². The van der Waals surface area contributed by atoms with Crippen LogP contribution in [0.25, 0.3) is 0 Å². The summed E-state index contributed by atoms with van der Waals surface area (Å²) in [5.74, 6) is 0.601. The number of nitrogens with zero attached hydrogens (tertiary/aromatic N) is 4. The molecule has 1 saturated heterocycles. The number of hydrogen-bond donors (Lipinski definition) is 2. The first kappa shape index (κ1) is 25.2. The minimum absolute atomic E-state index is 0. The Kier molecular flexibility index (Phi) is 9.89. The highest BCUT2D eigenvalue weighted by Gasteiger charge is 2.41. The highest BCUT2D eigenvalue weighted by molar-refractivity contribution is 14.0. The summed E-state index contributed by atoms with van der Waals surface area (Å²) in [5, 5.41) is 17.1. The van der Waals surface area contributed by atoms with Gasteiger partial charge < -0.3 is 15.5 Å². The molecule has 1 aromatic rings. The molecule has 8 nitrogen and oxygen atoms in total. The highest BCUT2D eigenvalue weighted by Crippen LogP contribution is 2.25. The molecule has 2 rings (SSSR count). The number of alkyl halides is 3. The highest BCUT2D eigenvalue weighted by atomic mass is 127. The van der Waals surface area contributed by atoms with E-state index in [4.69, 9.17) is 0 Å². The molecule has 1 aliphatic heterocycles. The second-order valence-corrected chi connectivity index (χ2v) is 6.42. The minimum atomic E-state index is -4.23. The Morgan fingerprint density at radius 2 is 1.86 bits per heavy atom. The number of anilines is 1. The Labute approximate surface area is 184 Å². The fourth-order valence-corrected chi connectivity index (χ4v) is 3.01. The van der Waals surface area contributed by atoms with Gasteiger partial charge in [0.1, 0.15) is 11.7 Å². The lowest BCUT2D eigenvalue weighted by atomic mass is 10.2. The lowest BCUT2D eigenvalue weighted by Crippen LogP contribution is -2.57. The molecule has 29 heavy (non-hydrogen) atoms. The van der Waals surface area contributed by atoms with Gasteiger partial charge in [0.05, 0.1) is 4.92 Å². The standard InChI is InChI=1S/C17H25F3N6O2.HI/c1-13(17(18,19)20)24-9-11-25(12-10-24)16(21-2)23-8-7-22-14-5-3-4-6-15(14)26(27)28;/h3-6,13,22H,7-12H2,1-2H3,(H,21,23);1H. The Morgan fingerprint density at radius 1 is 1.24 bits per heavy atom. The van der Waals surface area contributed by atoms with Gasteiger partial charge in [-0.25, -0.2) is 0 Å². The van der Waals surface area contributed by atoms with Crippen molar-refractivity contribution in [2.45, 2.75) is 19.1 Å². The summed E-state index contributed by atoms with van der Waals surface area (Å²) in [4.78, 5) is 18.1. The maximum Gasteiger partial charge on any atom is 0.403 e. The summed E-state index contributed by atoms with van der Waals surface area (Å²) in [5.41, 5.74) is 0.431. The summed E-state index contributed by atoms with van der Waals surface area (Å²) < 4.78 is 38.5. The van der Waals surface area contributed by atoms with Crippen molar-refractivity contribution in [1.29, 1.82) is 0 Å². The van der Waals surface area contributed by atoms with Crippen LogP contribution in [0.15, 0.2) is 29.3 Å². The van der Waals surface area contributed by atoms with Gasteiger partial charge in [0.25, 0.3) is 5.69 Å². The number of halogens is 4. The SMILES string of the molecule is CN=C(NCCNc1ccccc1[N+](=O)[O-])N1CCN(C(C)C(F)(F)F)CC1.I. The van der Waals surface area contributed by atoms with Gasteiger partial charge in [-0.3, -0.25) is 20.0 Å². The number of nitro groups is 1. The number of nitro benzene ring substituents is 1. The van der Waals surface area contributed by atoms with Gasteiger partial charge in [0.15, 0.2) is 5.96 Å². The Bertz CT molecular complexity index is 696. The van der Waals surface area contributed by atoms with Crippen LogP contribution in [0.5, 0.6) is 0 Å². The summed E-state index contributed by atoms with van der Waals surface area (Å²) >= 11 is 0. The maximum absolute atomic E-state index is 12.8. The van der Waals surface area contributed by atoms with Crippen LogP contribution < -0.4 is 10.6 Å². The van der Waals surface area contributed by atoms with Crippen molar-refractivity contribution in [2.24, 2.45) is 4.99 Å². The van der Waals surface area contributed by atoms with Gasteiger partial charge in [-0.2, -0.15) is 13.2 Å². The predicted octanol–water partition coefficient (Wildman–Crippen LogP) is 2.77. The van der Waals surface area contributed by atoms with Crippen molar-refractivity contribution in [3.05, 3.63) is 34.4 Å². The second-order valence-electron chi connectivity index (χ2n) is 6.42. The normalized spacial score (nSPS) is 16.7. The largest absolute Gasteiger partial charge is 0.403 e. The van der Waals surface area contributed by atoms with Crippen LogP contribution in [0.2, 0.25) is 0 Å². The van der Waals surface area contributed by atoms with Crippen molar-refractivity contribution >= 4 is 41.3 Å². The van der Waals surface area contributed by atoms with Crippen LogP contribution in [-0.4, -0.2) is 79.2 Å². The van der Waals surface area contributed by atoms with Crippen LogP contribution in [-0.2, 0) is 0 Å². The van der Waals surface area contributed by atoms with Crippen molar-refractivity contribution in [3.8, 4) is 0 Å². The van der Waals surface area contributed by atoms with Crippen molar-refractivity contribution in [1.82, 2.24) is 15.1 Å². The minimum Gasteiger partial charge on any atom is -0.378 e. The molecular formula is C17H26F3IN6O2. The zero-order valence-electron chi connectivity index (χ0n) is 16.3. The molecule has 1 heterocycles. The van der Waals surface area contributed by atoms with Crippen LogP contribution in [0, 0.1) is 10.1 Å². The van der Waals surface area contributed by atoms with Gasteiger partial charge in [-0.15, -0.1) is 24.0 Å². The van der Waals surface area contributed by atoms with E-state index in [9.17, 15) is 23.3 Å². The van der Waals surface area contributed by atoms with Gasteiger partial charge >= 0.3 is 6.18 Å². The first-order valence-corrected chi connectivity index (χ1v) is 8.97. The topological polar surface area (TPSA) is 86.0 Å². The van der Waals surface area contributed by atoms with Crippen molar-refractivity contribution < 1.29 is 18.1 Å². The molecule has 0 aliphatic carbocycles. The van der Waals surface area contributed by atoms with Gasteiger partial charge in [-0.1, -0.05) is 12.1 Å². The monoisotopic (exact) mass is 530 g/mol. The van der Waals surface area contributed by atoms with Gasteiger partial charge in [-0.05, 0) is 13.0 Å². The number of nitrogens with one attached hydrogen (secondary N) is 2. The third kappa shape index (κ3) is 7.17. The quantitative estimate of drug-likeness (QED) is 0.147. The number of hydrogen-bond acceptors (Lipinski definition) is 5. The van der Waals surface area contributed by atoms with E-state index in [0.29, 0.717) is 50.9 Å². The second kappa shape index (κ2) is 11.4. The van der Waals surface area contributed by atoms with E-state index in [2.05, 4.69) is 15.6 Å². The first-order chi connectivity index (χ1) is 13.2. The molecule has 1 unspecified atom stereocenters. The smallest absolute Gasteiger partial charge is 0.378 e.